The van der Waals surface area contributed by atoms with Gasteiger partial charge in [0, 0.05) is 11.3 Å². The van der Waals surface area contributed by atoms with Crippen molar-refractivity contribution in [2.75, 3.05) is 4.90 Å². The Kier molecular flexibility index (Phi) is 3.67. The second-order valence-electron chi connectivity index (χ2n) is 6.61. The van der Waals surface area contributed by atoms with Crippen LogP contribution in [0.4, 0.5) is 5.69 Å². The first-order chi connectivity index (χ1) is 12.1. The maximum atomic E-state index is 6.24. The quantitative estimate of drug-likeness (QED) is 0.772. The number of aliphatic imine (C=N–C) groups is 2. The first kappa shape index (κ1) is 15.6. The number of nitrogens with one attached hydrogen (secondary N) is 1. The molecule has 1 aromatic heterocycles. The molecule has 1 aliphatic heterocycles. The van der Waals surface area contributed by atoms with E-state index in [-0.39, 0.29) is 5.96 Å². The minimum Gasteiger partial charge on any atom is -0.369 e. The molecule has 8 nitrogen and oxygen atoms in total. The molecule has 0 unspecified atom stereocenters. The summed E-state index contributed by atoms with van der Waals surface area (Å²) >= 11 is 0. The fourth-order valence-electron chi connectivity index (χ4n) is 3.73. The first-order valence-electron chi connectivity index (χ1n) is 8.57. The molecule has 1 spiro atoms. The Morgan fingerprint density at radius 2 is 1.80 bits per heavy atom. The number of rotatable bonds is 2. The Hall–Kier alpha value is -2.90. The van der Waals surface area contributed by atoms with Crippen LogP contribution in [0.1, 0.15) is 37.9 Å². The van der Waals surface area contributed by atoms with Crippen molar-refractivity contribution >= 4 is 17.6 Å². The van der Waals surface area contributed by atoms with Gasteiger partial charge in [0.25, 0.3) is 0 Å². The van der Waals surface area contributed by atoms with Crippen LogP contribution in [0.5, 0.6) is 0 Å². The third-order valence-corrected chi connectivity index (χ3v) is 4.83. The third kappa shape index (κ3) is 2.73. The number of benzene rings is 1. The van der Waals surface area contributed by atoms with E-state index in [1.165, 1.54) is 6.42 Å². The zero-order chi connectivity index (χ0) is 17.4. The van der Waals surface area contributed by atoms with Crippen LogP contribution in [-0.4, -0.2) is 32.8 Å². The van der Waals surface area contributed by atoms with Gasteiger partial charge in [-0.2, -0.15) is 10.1 Å². The van der Waals surface area contributed by atoms with Gasteiger partial charge in [0.05, 0.1) is 0 Å². The van der Waals surface area contributed by atoms with Gasteiger partial charge in [-0.3, -0.25) is 10.00 Å². The van der Waals surface area contributed by atoms with Crippen molar-refractivity contribution in [2.45, 2.75) is 44.7 Å². The summed E-state index contributed by atoms with van der Waals surface area (Å²) in [7, 11) is 0. The Morgan fingerprint density at radius 1 is 1.08 bits per heavy atom. The van der Waals surface area contributed by atoms with Gasteiger partial charge in [-0.25, -0.2) is 9.98 Å². The Balaban J connectivity index is 1.70. The van der Waals surface area contributed by atoms with Gasteiger partial charge >= 0.3 is 0 Å². The highest BCUT2D eigenvalue weighted by atomic mass is 15.4. The van der Waals surface area contributed by atoms with E-state index in [0.29, 0.717) is 11.8 Å². The maximum absolute atomic E-state index is 6.24. The van der Waals surface area contributed by atoms with E-state index < -0.39 is 5.66 Å². The van der Waals surface area contributed by atoms with Crippen molar-refractivity contribution in [1.29, 1.82) is 0 Å². The fraction of sp³-hybridized carbons (Fsp3) is 0.412. The standard InChI is InChI=1S/C17H22N8/c1-11-20-14(24-23-11)12-5-7-13(8-6-12)25-16(19)21-15(18)22-17(25)9-3-2-4-10-17/h5-8H,2-4,9-10H2,1H3,(H,20,23,24)(H4,18,19,21,22). The number of nitrogens with zero attached hydrogens (tertiary/aromatic N) is 5. The zero-order valence-corrected chi connectivity index (χ0v) is 14.2. The van der Waals surface area contributed by atoms with Gasteiger partial charge < -0.3 is 11.5 Å². The number of hydrogen-bond donors (Lipinski definition) is 3. The molecule has 0 bridgehead atoms. The maximum Gasteiger partial charge on any atom is 0.220 e. The molecule has 2 heterocycles. The molecule has 1 aliphatic carbocycles. The van der Waals surface area contributed by atoms with Gasteiger partial charge in [-0.15, -0.1) is 0 Å². The Morgan fingerprint density at radius 3 is 2.44 bits per heavy atom. The summed E-state index contributed by atoms with van der Waals surface area (Å²) < 4.78 is 0. The number of H-pyrrole nitrogens is 1. The lowest BCUT2D eigenvalue weighted by molar-refractivity contribution is 0.305. The molecule has 8 heteroatoms. The van der Waals surface area contributed by atoms with Crippen LogP contribution in [-0.2, 0) is 0 Å². The van der Waals surface area contributed by atoms with Gasteiger partial charge in [0.15, 0.2) is 5.82 Å². The van der Waals surface area contributed by atoms with E-state index in [2.05, 4.69) is 25.2 Å². The lowest BCUT2D eigenvalue weighted by Crippen LogP contribution is -2.58. The average molecular weight is 338 g/mol. The molecule has 25 heavy (non-hydrogen) atoms. The Labute approximate surface area is 146 Å². The van der Waals surface area contributed by atoms with E-state index in [4.69, 9.17) is 11.5 Å². The SMILES string of the molecule is Cc1nc(-c2ccc(N3C(N)=NC(N)=NC34CCCCC4)cc2)n[nH]1. The van der Waals surface area contributed by atoms with Crippen molar-refractivity contribution in [2.24, 2.45) is 21.5 Å². The highest BCUT2D eigenvalue weighted by Crippen LogP contribution is 2.39. The highest BCUT2D eigenvalue weighted by Gasteiger charge is 2.42. The van der Waals surface area contributed by atoms with E-state index in [1.807, 2.05) is 36.1 Å². The summed E-state index contributed by atoms with van der Waals surface area (Å²) in [6.45, 7) is 1.88. The number of aromatic amines is 1. The van der Waals surface area contributed by atoms with Crippen LogP contribution < -0.4 is 16.4 Å². The summed E-state index contributed by atoms with van der Waals surface area (Å²) in [5.74, 6) is 2.13. The third-order valence-electron chi connectivity index (χ3n) is 4.83. The summed E-state index contributed by atoms with van der Waals surface area (Å²) in [4.78, 5) is 15.3. The molecule has 0 saturated heterocycles. The highest BCUT2D eigenvalue weighted by molar-refractivity contribution is 6.05. The van der Waals surface area contributed by atoms with Crippen molar-refractivity contribution < 1.29 is 0 Å². The number of aryl methyl sites for hydroxylation is 1. The van der Waals surface area contributed by atoms with Gasteiger partial charge in [-0.05, 0) is 56.9 Å². The van der Waals surface area contributed by atoms with E-state index in [1.54, 1.807) is 0 Å². The zero-order valence-electron chi connectivity index (χ0n) is 14.2. The van der Waals surface area contributed by atoms with Crippen LogP contribution in [0.15, 0.2) is 34.3 Å². The van der Waals surface area contributed by atoms with Gasteiger partial charge in [0.1, 0.15) is 11.5 Å². The Bertz CT molecular complexity index is 827. The predicted molar refractivity (Wildman–Crippen MR) is 98.1 cm³/mol. The second-order valence-corrected chi connectivity index (χ2v) is 6.61. The molecule has 0 amide bonds. The minimum absolute atomic E-state index is 0.267. The van der Waals surface area contributed by atoms with E-state index in [0.717, 1.165) is 42.8 Å². The molecule has 1 fully saturated rings. The molecule has 4 rings (SSSR count). The molecule has 1 aromatic carbocycles. The first-order valence-corrected chi connectivity index (χ1v) is 8.57. The number of guanidine groups is 2. The molecule has 130 valence electrons. The molecular formula is C17H22N8. The number of aromatic nitrogens is 3. The molecule has 2 aliphatic rings. The molecular weight excluding hydrogens is 316 g/mol. The van der Waals surface area contributed by atoms with Crippen molar-refractivity contribution in [3.63, 3.8) is 0 Å². The van der Waals surface area contributed by atoms with Gasteiger partial charge in [0.2, 0.25) is 11.9 Å². The minimum atomic E-state index is -0.420. The lowest BCUT2D eigenvalue weighted by Gasteiger charge is -2.45. The summed E-state index contributed by atoms with van der Waals surface area (Å²) in [5.41, 5.74) is 13.6. The average Bonchev–Trinajstić information content (AvgIpc) is 3.02. The molecule has 0 radical (unpaired) electrons. The monoisotopic (exact) mass is 338 g/mol. The number of anilines is 1. The number of nitrogens with two attached hydrogens (primary N) is 2. The summed E-state index contributed by atoms with van der Waals surface area (Å²) in [6, 6.07) is 8.00. The largest absolute Gasteiger partial charge is 0.369 e. The van der Waals surface area contributed by atoms with Crippen molar-refractivity contribution in [3.05, 3.63) is 30.1 Å². The summed E-state index contributed by atoms with van der Waals surface area (Å²) in [6.07, 6.45) is 5.27. The van der Waals surface area contributed by atoms with Crippen LogP contribution in [0, 0.1) is 6.92 Å². The molecule has 0 atom stereocenters. The van der Waals surface area contributed by atoms with E-state index >= 15 is 0 Å². The normalized spacial score (nSPS) is 19.6. The van der Waals surface area contributed by atoms with Crippen LogP contribution in [0.25, 0.3) is 11.4 Å². The second kappa shape index (κ2) is 5.87. The van der Waals surface area contributed by atoms with Crippen molar-refractivity contribution in [1.82, 2.24) is 15.2 Å². The van der Waals surface area contributed by atoms with Crippen LogP contribution in [0.3, 0.4) is 0 Å². The predicted octanol–water partition coefficient (Wildman–Crippen LogP) is 1.89. The molecule has 1 saturated carbocycles. The lowest BCUT2D eigenvalue weighted by atomic mass is 9.87. The topological polar surface area (TPSA) is 122 Å². The van der Waals surface area contributed by atoms with Gasteiger partial charge in [-0.1, -0.05) is 6.42 Å². The number of hydrogen-bond acceptors (Lipinski definition) is 7. The summed E-state index contributed by atoms with van der Waals surface area (Å²) in [5, 5.41) is 7.06. The van der Waals surface area contributed by atoms with Crippen molar-refractivity contribution in [3.8, 4) is 11.4 Å². The molecule has 2 aromatic rings. The van der Waals surface area contributed by atoms with Crippen LogP contribution in [0.2, 0.25) is 0 Å². The fourth-order valence-corrected chi connectivity index (χ4v) is 3.73. The smallest absolute Gasteiger partial charge is 0.220 e. The van der Waals surface area contributed by atoms with Crippen LogP contribution >= 0.6 is 0 Å². The van der Waals surface area contributed by atoms with E-state index in [9.17, 15) is 0 Å². The molecule has 5 N–H and O–H groups in total.